The lowest BCUT2D eigenvalue weighted by Crippen LogP contribution is -1.99. The van der Waals surface area contributed by atoms with Gasteiger partial charge in [0.1, 0.15) is 11.5 Å². The van der Waals surface area contributed by atoms with Crippen LogP contribution in [0.5, 0.6) is 11.5 Å². The lowest BCUT2D eigenvalue weighted by Gasteiger charge is -2.10. The predicted molar refractivity (Wildman–Crippen MR) is 97.5 cm³/mol. The Hall–Kier alpha value is -2.74. The molecule has 3 rings (SSSR count). The van der Waals surface area contributed by atoms with Crippen molar-refractivity contribution in [2.45, 2.75) is 25.7 Å². The number of rotatable bonds is 6. The molecule has 2 N–H and O–H groups in total. The van der Waals surface area contributed by atoms with Gasteiger partial charge in [-0.3, -0.25) is 0 Å². The average Bonchev–Trinajstić information content (AvgIpc) is 2.61. The lowest BCUT2D eigenvalue weighted by molar-refractivity contribution is 0.474. The van der Waals surface area contributed by atoms with Gasteiger partial charge in [0, 0.05) is 0 Å². The van der Waals surface area contributed by atoms with Crippen molar-refractivity contribution in [1.29, 1.82) is 0 Å². The van der Waals surface area contributed by atoms with E-state index < -0.39 is 0 Å². The van der Waals surface area contributed by atoms with Crippen molar-refractivity contribution >= 4 is 0 Å². The molecule has 3 aromatic carbocycles. The Balaban J connectivity index is 1.64. The Labute approximate surface area is 143 Å². The van der Waals surface area contributed by atoms with E-state index in [9.17, 15) is 10.2 Å². The van der Waals surface area contributed by atoms with Crippen molar-refractivity contribution in [2.75, 3.05) is 0 Å². The topological polar surface area (TPSA) is 40.5 Å². The molecule has 0 fully saturated rings. The number of phenolic OH excluding ortho intramolecular Hbond substituents is 2. The van der Waals surface area contributed by atoms with Crippen LogP contribution in [-0.2, 0) is 25.7 Å². The van der Waals surface area contributed by atoms with Crippen molar-refractivity contribution in [3.63, 3.8) is 0 Å². The third-order valence-electron chi connectivity index (χ3n) is 4.36. The molecule has 0 unspecified atom stereocenters. The summed E-state index contributed by atoms with van der Waals surface area (Å²) in [5.41, 5.74) is 5.23. The molecule has 0 aliphatic rings. The molecule has 0 aliphatic heterocycles. The van der Waals surface area contributed by atoms with E-state index in [1.165, 1.54) is 22.3 Å². The monoisotopic (exact) mass is 318 g/mol. The van der Waals surface area contributed by atoms with Gasteiger partial charge in [-0.2, -0.15) is 0 Å². The highest BCUT2D eigenvalue weighted by molar-refractivity contribution is 5.32. The van der Waals surface area contributed by atoms with Crippen molar-refractivity contribution in [3.05, 3.63) is 95.1 Å². The van der Waals surface area contributed by atoms with E-state index >= 15 is 0 Å². The fourth-order valence-electron chi connectivity index (χ4n) is 2.93. The first kappa shape index (κ1) is 16.1. The predicted octanol–water partition coefficient (Wildman–Crippen LogP) is 4.67. The second-order valence-corrected chi connectivity index (χ2v) is 6.10. The molecule has 24 heavy (non-hydrogen) atoms. The molecule has 2 nitrogen and oxygen atoms in total. The van der Waals surface area contributed by atoms with Gasteiger partial charge in [-0.1, -0.05) is 48.5 Å². The van der Waals surface area contributed by atoms with E-state index in [0.717, 1.165) is 25.7 Å². The quantitative estimate of drug-likeness (QED) is 0.693. The van der Waals surface area contributed by atoms with Crippen LogP contribution in [0.25, 0.3) is 0 Å². The highest BCUT2D eigenvalue weighted by Crippen LogP contribution is 2.18. The maximum absolute atomic E-state index is 9.37. The zero-order valence-electron chi connectivity index (χ0n) is 13.7. The summed E-state index contributed by atoms with van der Waals surface area (Å²) in [7, 11) is 0. The van der Waals surface area contributed by atoms with Crippen LogP contribution < -0.4 is 0 Å². The van der Waals surface area contributed by atoms with Gasteiger partial charge in [0.25, 0.3) is 0 Å². The maximum Gasteiger partial charge on any atom is 0.115 e. The van der Waals surface area contributed by atoms with Crippen LogP contribution in [0.4, 0.5) is 0 Å². The van der Waals surface area contributed by atoms with Crippen LogP contribution >= 0.6 is 0 Å². The van der Waals surface area contributed by atoms with E-state index in [-0.39, 0.29) is 0 Å². The van der Waals surface area contributed by atoms with Crippen LogP contribution in [0.3, 0.4) is 0 Å². The van der Waals surface area contributed by atoms with Crippen molar-refractivity contribution in [3.8, 4) is 11.5 Å². The van der Waals surface area contributed by atoms with E-state index in [0.29, 0.717) is 11.5 Å². The molecule has 0 spiro atoms. The van der Waals surface area contributed by atoms with Crippen molar-refractivity contribution < 1.29 is 10.2 Å². The van der Waals surface area contributed by atoms with Gasteiger partial charge < -0.3 is 10.2 Å². The van der Waals surface area contributed by atoms with Crippen LogP contribution in [0.2, 0.25) is 0 Å². The van der Waals surface area contributed by atoms with Gasteiger partial charge in [0.2, 0.25) is 0 Å². The molecule has 0 saturated heterocycles. The minimum absolute atomic E-state index is 0.313. The minimum Gasteiger partial charge on any atom is -0.508 e. The molecule has 0 bridgehead atoms. The summed E-state index contributed by atoms with van der Waals surface area (Å²) >= 11 is 0. The standard InChI is InChI=1S/C22H22O2/c23-21-13-7-17(8-14-21)5-11-19-3-1-2-4-20(19)12-6-18-9-15-22(24)16-10-18/h1-4,7-10,13-16,23-24H,5-6,11-12H2. The third-order valence-corrected chi connectivity index (χ3v) is 4.36. The number of aromatic hydroxyl groups is 2. The summed E-state index contributed by atoms with van der Waals surface area (Å²) in [4.78, 5) is 0. The van der Waals surface area contributed by atoms with Crippen LogP contribution in [-0.4, -0.2) is 10.2 Å². The molecule has 0 radical (unpaired) electrons. The Morgan fingerprint density at radius 1 is 0.458 bits per heavy atom. The van der Waals surface area contributed by atoms with Crippen LogP contribution in [0.15, 0.2) is 72.8 Å². The second kappa shape index (κ2) is 7.69. The van der Waals surface area contributed by atoms with Crippen molar-refractivity contribution in [1.82, 2.24) is 0 Å². The van der Waals surface area contributed by atoms with Gasteiger partial charge in [0.15, 0.2) is 0 Å². The second-order valence-electron chi connectivity index (χ2n) is 6.10. The Kier molecular flexibility index (Phi) is 5.17. The SMILES string of the molecule is Oc1ccc(CCc2ccccc2CCc2ccc(O)cc2)cc1. The van der Waals surface area contributed by atoms with Gasteiger partial charge >= 0.3 is 0 Å². The molecule has 122 valence electrons. The first-order valence-electron chi connectivity index (χ1n) is 8.33. The number of phenols is 2. The maximum atomic E-state index is 9.37. The third kappa shape index (κ3) is 4.39. The molecular formula is C22H22O2. The van der Waals surface area contributed by atoms with Gasteiger partial charge in [-0.05, 0) is 72.2 Å². The summed E-state index contributed by atoms with van der Waals surface area (Å²) in [6, 6.07) is 23.5. The van der Waals surface area contributed by atoms with Crippen LogP contribution in [0.1, 0.15) is 22.3 Å². The zero-order valence-corrected chi connectivity index (χ0v) is 13.7. The Bertz CT molecular complexity index is 705. The molecule has 0 heterocycles. The van der Waals surface area contributed by atoms with E-state index in [4.69, 9.17) is 0 Å². The largest absolute Gasteiger partial charge is 0.508 e. The molecule has 0 saturated carbocycles. The summed E-state index contributed by atoms with van der Waals surface area (Å²) < 4.78 is 0. The molecule has 2 heteroatoms. The molecule has 0 aromatic heterocycles. The highest BCUT2D eigenvalue weighted by Gasteiger charge is 2.04. The highest BCUT2D eigenvalue weighted by atomic mass is 16.3. The van der Waals surface area contributed by atoms with Crippen molar-refractivity contribution in [2.24, 2.45) is 0 Å². The molecular weight excluding hydrogens is 296 g/mol. The first-order valence-corrected chi connectivity index (χ1v) is 8.33. The number of hydrogen-bond acceptors (Lipinski definition) is 2. The fourth-order valence-corrected chi connectivity index (χ4v) is 2.93. The zero-order chi connectivity index (χ0) is 16.8. The van der Waals surface area contributed by atoms with Gasteiger partial charge in [-0.15, -0.1) is 0 Å². The minimum atomic E-state index is 0.313. The molecule has 0 aliphatic carbocycles. The summed E-state index contributed by atoms with van der Waals surface area (Å²) in [5, 5.41) is 18.7. The van der Waals surface area contributed by atoms with Crippen LogP contribution in [0, 0.1) is 0 Å². The molecule has 0 amide bonds. The van der Waals surface area contributed by atoms with E-state index in [2.05, 4.69) is 24.3 Å². The number of hydrogen-bond donors (Lipinski definition) is 2. The Morgan fingerprint density at radius 2 is 0.833 bits per heavy atom. The summed E-state index contributed by atoms with van der Waals surface area (Å²) in [5.74, 6) is 0.626. The summed E-state index contributed by atoms with van der Waals surface area (Å²) in [6.45, 7) is 0. The van der Waals surface area contributed by atoms with Gasteiger partial charge in [0.05, 0.1) is 0 Å². The lowest BCUT2D eigenvalue weighted by atomic mass is 9.95. The van der Waals surface area contributed by atoms with E-state index in [1.807, 2.05) is 24.3 Å². The number of aryl methyl sites for hydroxylation is 4. The van der Waals surface area contributed by atoms with E-state index in [1.54, 1.807) is 24.3 Å². The smallest absolute Gasteiger partial charge is 0.115 e. The average molecular weight is 318 g/mol. The normalized spacial score (nSPS) is 10.7. The Morgan fingerprint density at radius 3 is 1.21 bits per heavy atom. The van der Waals surface area contributed by atoms with Gasteiger partial charge in [-0.25, -0.2) is 0 Å². The molecule has 0 atom stereocenters. The number of benzene rings is 3. The summed E-state index contributed by atoms with van der Waals surface area (Å²) in [6.07, 6.45) is 3.93. The first-order chi connectivity index (χ1) is 11.7. The molecule has 3 aromatic rings. The fraction of sp³-hybridized carbons (Fsp3) is 0.182.